The van der Waals surface area contributed by atoms with E-state index in [1.165, 1.54) is 19.2 Å². The highest BCUT2D eigenvalue weighted by Gasteiger charge is 2.34. The molecule has 3 rings (SSSR count). The zero-order valence-electron chi connectivity index (χ0n) is 15.0. The molecule has 7 heteroatoms. The normalized spacial score (nSPS) is 19.5. The highest BCUT2D eigenvalue weighted by molar-refractivity contribution is 5.98. The van der Waals surface area contributed by atoms with Gasteiger partial charge < -0.3 is 15.7 Å². The van der Waals surface area contributed by atoms with Gasteiger partial charge in [0.15, 0.2) is 0 Å². The second-order valence-corrected chi connectivity index (χ2v) is 6.64. The smallest absolute Gasteiger partial charge is 0.269 e. The minimum atomic E-state index is -1.13. The number of pyridine rings is 2. The number of rotatable bonds is 5. The Morgan fingerprint density at radius 1 is 1.19 bits per heavy atom. The van der Waals surface area contributed by atoms with E-state index < -0.39 is 12.0 Å². The third kappa shape index (κ3) is 3.88. The molecule has 1 aliphatic rings. The van der Waals surface area contributed by atoms with E-state index in [1.807, 2.05) is 13.0 Å². The zero-order chi connectivity index (χ0) is 18.8. The van der Waals surface area contributed by atoms with Gasteiger partial charge in [-0.2, -0.15) is 0 Å². The standard InChI is InChI=1S/C19H22N4O3/c1-10-7-14(10)23-18(25)12-8-15(22-16(9-12)19(26)20-3)17(24)13-6-4-5-11(2)21-13/h4-6,8-10,14,17,24H,7H2,1-3H3,(H,20,26)(H,23,25)/t10-,14?,17?/m0/s1. The van der Waals surface area contributed by atoms with Crippen molar-refractivity contribution in [2.75, 3.05) is 7.05 Å². The van der Waals surface area contributed by atoms with E-state index in [4.69, 9.17) is 0 Å². The molecule has 1 aliphatic carbocycles. The van der Waals surface area contributed by atoms with Gasteiger partial charge in [-0.1, -0.05) is 13.0 Å². The minimum absolute atomic E-state index is 0.0747. The van der Waals surface area contributed by atoms with Crippen molar-refractivity contribution in [2.45, 2.75) is 32.4 Å². The molecule has 7 nitrogen and oxygen atoms in total. The fraction of sp³-hybridized carbons (Fsp3) is 0.368. The van der Waals surface area contributed by atoms with Crippen molar-refractivity contribution < 1.29 is 14.7 Å². The number of nitrogens with zero attached hydrogens (tertiary/aromatic N) is 2. The quantitative estimate of drug-likeness (QED) is 0.752. The Hall–Kier alpha value is -2.80. The molecule has 2 heterocycles. The summed E-state index contributed by atoms with van der Waals surface area (Å²) in [6, 6.07) is 8.37. The number of hydrogen-bond donors (Lipinski definition) is 3. The summed E-state index contributed by atoms with van der Waals surface area (Å²) in [6.45, 7) is 3.88. The van der Waals surface area contributed by atoms with E-state index in [2.05, 4.69) is 27.5 Å². The number of carbonyl (C=O) groups excluding carboxylic acids is 2. The lowest BCUT2D eigenvalue weighted by Gasteiger charge is -2.14. The number of carbonyl (C=O) groups is 2. The molecule has 2 unspecified atom stereocenters. The summed E-state index contributed by atoms with van der Waals surface area (Å²) in [5.41, 5.74) is 1.74. The van der Waals surface area contributed by atoms with Crippen LogP contribution >= 0.6 is 0 Å². The fourth-order valence-electron chi connectivity index (χ4n) is 2.71. The van der Waals surface area contributed by atoms with Crippen molar-refractivity contribution in [3.05, 3.63) is 58.7 Å². The van der Waals surface area contributed by atoms with Gasteiger partial charge in [0.1, 0.15) is 11.8 Å². The number of nitrogens with one attached hydrogen (secondary N) is 2. The number of aliphatic hydroxyl groups is 1. The zero-order valence-corrected chi connectivity index (χ0v) is 15.0. The van der Waals surface area contributed by atoms with Gasteiger partial charge in [0.2, 0.25) is 0 Å². The topological polar surface area (TPSA) is 104 Å². The van der Waals surface area contributed by atoms with Crippen LogP contribution < -0.4 is 10.6 Å². The summed E-state index contributed by atoms with van der Waals surface area (Å²) in [5.74, 6) is -0.247. The molecule has 0 spiro atoms. The Bertz CT molecular complexity index is 852. The second kappa shape index (κ2) is 7.21. The summed E-state index contributed by atoms with van der Waals surface area (Å²) >= 11 is 0. The Morgan fingerprint density at radius 3 is 2.54 bits per heavy atom. The second-order valence-electron chi connectivity index (χ2n) is 6.64. The molecule has 26 heavy (non-hydrogen) atoms. The van der Waals surface area contributed by atoms with Crippen LogP contribution in [0.15, 0.2) is 30.3 Å². The van der Waals surface area contributed by atoms with Gasteiger partial charge in [-0.05, 0) is 43.5 Å². The molecule has 0 saturated heterocycles. The molecule has 2 aromatic rings. The van der Waals surface area contributed by atoms with E-state index in [0.717, 1.165) is 12.1 Å². The first-order chi connectivity index (χ1) is 12.4. The van der Waals surface area contributed by atoms with E-state index >= 15 is 0 Å². The van der Waals surface area contributed by atoms with E-state index in [1.54, 1.807) is 12.1 Å². The SMILES string of the molecule is CNC(=O)c1cc(C(=O)NC2C[C@@H]2C)cc(C(O)c2cccc(C)n2)n1. The van der Waals surface area contributed by atoms with E-state index in [9.17, 15) is 14.7 Å². The maximum absolute atomic E-state index is 12.5. The molecule has 0 bridgehead atoms. The van der Waals surface area contributed by atoms with Crippen LogP contribution in [-0.4, -0.2) is 40.0 Å². The summed E-state index contributed by atoms with van der Waals surface area (Å²) in [7, 11) is 1.49. The molecule has 2 amide bonds. The summed E-state index contributed by atoms with van der Waals surface area (Å²) in [6.07, 6.45) is -0.187. The van der Waals surface area contributed by atoms with Crippen LogP contribution in [0.25, 0.3) is 0 Å². The Morgan fingerprint density at radius 2 is 1.92 bits per heavy atom. The van der Waals surface area contributed by atoms with Crippen molar-refractivity contribution in [3.8, 4) is 0 Å². The molecule has 136 valence electrons. The van der Waals surface area contributed by atoms with Gasteiger partial charge in [0.25, 0.3) is 11.8 Å². The van der Waals surface area contributed by atoms with Gasteiger partial charge in [0.05, 0.1) is 11.4 Å². The first-order valence-corrected chi connectivity index (χ1v) is 8.55. The third-order valence-electron chi connectivity index (χ3n) is 4.46. The monoisotopic (exact) mass is 354 g/mol. The largest absolute Gasteiger partial charge is 0.380 e. The molecular weight excluding hydrogens is 332 g/mol. The lowest BCUT2D eigenvalue weighted by Crippen LogP contribution is -2.28. The first kappa shape index (κ1) is 18.0. The number of aromatic nitrogens is 2. The summed E-state index contributed by atoms with van der Waals surface area (Å²) in [5, 5.41) is 16.1. The van der Waals surface area contributed by atoms with Gasteiger partial charge >= 0.3 is 0 Å². The minimum Gasteiger partial charge on any atom is -0.380 e. The number of hydrogen-bond acceptors (Lipinski definition) is 5. The lowest BCUT2D eigenvalue weighted by molar-refractivity contribution is 0.0949. The average molecular weight is 354 g/mol. The maximum atomic E-state index is 12.5. The Kier molecular flexibility index (Phi) is 4.99. The van der Waals surface area contributed by atoms with Crippen LogP contribution in [0.3, 0.4) is 0 Å². The predicted molar refractivity (Wildman–Crippen MR) is 95.7 cm³/mol. The van der Waals surface area contributed by atoms with Crippen molar-refractivity contribution in [2.24, 2.45) is 5.92 Å². The van der Waals surface area contributed by atoms with Crippen LogP contribution in [0.1, 0.15) is 57.4 Å². The predicted octanol–water partition coefficient (Wildman–Crippen LogP) is 1.36. The molecular formula is C19H22N4O3. The first-order valence-electron chi connectivity index (χ1n) is 8.55. The Balaban J connectivity index is 1.96. The van der Waals surface area contributed by atoms with Gasteiger partial charge in [0, 0.05) is 24.3 Å². The highest BCUT2D eigenvalue weighted by atomic mass is 16.3. The number of aliphatic hydroxyl groups excluding tert-OH is 1. The van der Waals surface area contributed by atoms with Crippen LogP contribution in [0.5, 0.6) is 0 Å². The van der Waals surface area contributed by atoms with Crippen molar-refractivity contribution in [1.29, 1.82) is 0 Å². The molecule has 1 fully saturated rings. The van der Waals surface area contributed by atoms with Crippen molar-refractivity contribution >= 4 is 11.8 Å². The maximum Gasteiger partial charge on any atom is 0.269 e. The number of amides is 2. The van der Waals surface area contributed by atoms with Crippen molar-refractivity contribution in [1.82, 2.24) is 20.6 Å². The molecule has 3 atom stereocenters. The molecule has 2 aromatic heterocycles. The fourth-order valence-corrected chi connectivity index (χ4v) is 2.71. The highest BCUT2D eigenvalue weighted by Crippen LogP contribution is 2.29. The van der Waals surface area contributed by atoms with Gasteiger partial charge in [-0.3, -0.25) is 14.6 Å². The molecule has 0 aliphatic heterocycles. The van der Waals surface area contributed by atoms with Gasteiger partial charge in [-0.25, -0.2) is 4.98 Å². The van der Waals surface area contributed by atoms with Crippen molar-refractivity contribution in [3.63, 3.8) is 0 Å². The van der Waals surface area contributed by atoms with Gasteiger partial charge in [-0.15, -0.1) is 0 Å². The summed E-state index contributed by atoms with van der Waals surface area (Å²) < 4.78 is 0. The number of aryl methyl sites for hydroxylation is 1. The van der Waals surface area contributed by atoms with Crippen LogP contribution in [-0.2, 0) is 0 Å². The van der Waals surface area contributed by atoms with Crippen LogP contribution in [0.2, 0.25) is 0 Å². The lowest BCUT2D eigenvalue weighted by atomic mass is 10.1. The molecule has 3 N–H and O–H groups in total. The van der Waals surface area contributed by atoms with Crippen LogP contribution in [0.4, 0.5) is 0 Å². The van der Waals surface area contributed by atoms with E-state index in [0.29, 0.717) is 17.2 Å². The molecule has 0 aromatic carbocycles. The average Bonchev–Trinajstić information content (AvgIpc) is 3.34. The Labute approximate surface area is 151 Å². The molecule has 0 radical (unpaired) electrons. The molecule has 1 saturated carbocycles. The third-order valence-corrected chi connectivity index (χ3v) is 4.46. The van der Waals surface area contributed by atoms with Crippen LogP contribution in [0, 0.1) is 12.8 Å². The summed E-state index contributed by atoms with van der Waals surface area (Å²) in [4.78, 5) is 33.1. The van der Waals surface area contributed by atoms with E-state index in [-0.39, 0.29) is 23.3 Å².